The Morgan fingerprint density at radius 3 is 2.93 bits per heavy atom. The molecule has 14 heavy (non-hydrogen) atoms. The molecule has 0 aliphatic rings. The van der Waals surface area contributed by atoms with Crippen molar-refractivity contribution in [2.24, 2.45) is 5.92 Å². The molecule has 0 spiro atoms. The molecule has 0 unspecified atom stereocenters. The van der Waals surface area contributed by atoms with Gasteiger partial charge in [-0.05, 0) is 12.3 Å². The Labute approximate surface area is 82.7 Å². The van der Waals surface area contributed by atoms with Crippen LogP contribution in [0, 0.1) is 5.92 Å². The topological polar surface area (TPSA) is 83.8 Å². The first-order valence-corrected chi connectivity index (χ1v) is 4.68. The Bertz CT molecular complexity index is 345. The SMILES string of the molecule is CC(C)CCNc1cc(=O)[nH]c(N)n1. The molecule has 1 rings (SSSR count). The lowest BCUT2D eigenvalue weighted by atomic mass is 10.1. The molecule has 1 aromatic rings. The van der Waals surface area contributed by atoms with Gasteiger partial charge < -0.3 is 11.1 Å². The first kappa shape index (κ1) is 10.6. The van der Waals surface area contributed by atoms with Crippen LogP contribution < -0.4 is 16.6 Å². The van der Waals surface area contributed by atoms with Crippen LogP contribution in [0.2, 0.25) is 0 Å². The molecule has 0 saturated carbocycles. The standard InChI is InChI=1S/C9H16N4O/c1-6(2)3-4-11-7-5-8(14)13-9(10)12-7/h5-6H,3-4H2,1-2H3,(H4,10,11,12,13,14). The van der Waals surface area contributed by atoms with E-state index in [2.05, 4.69) is 29.1 Å². The number of hydrogen-bond acceptors (Lipinski definition) is 4. The van der Waals surface area contributed by atoms with Gasteiger partial charge >= 0.3 is 0 Å². The number of nitrogen functional groups attached to an aromatic ring is 1. The third kappa shape index (κ3) is 3.47. The number of aromatic nitrogens is 2. The first-order valence-electron chi connectivity index (χ1n) is 4.68. The summed E-state index contributed by atoms with van der Waals surface area (Å²) in [4.78, 5) is 17.3. The molecule has 0 saturated heterocycles. The van der Waals surface area contributed by atoms with E-state index in [-0.39, 0.29) is 11.5 Å². The molecule has 78 valence electrons. The van der Waals surface area contributed by atoms with Gasteiger partial charge in [0, 0.05) is 12.6 Å². The average Bonchev–Trinajstić information content (AvgIpc) is 2.01. The molecule has 0 amide bonds. The van der Waals surface area contributed by atoms with Gasteiger partial charge in [0.2, 0.25) is 5.95 Å². The number of rotatable bonds is 4. The van der Waals surface area contributed by atoms with E-state index < -0.39 is 0 Å². The number of hydrogen-bond donors (Lipinski definition) is 3. The van der Waals surface area contributed by atoms with E-state index in [4.69, 9.17) is 5.73 Å². The van der Waals surface area contributed by atoms with Gasteiger partial charge in [-0.15, -0.1) is 0 Å². The van der Waals surface area contributed by atoms with Crippen LogP contribution in [0.25, 0.3) is 0 Å². The Morgan fingerprint density at radius 2 is 2.36 bits per heavy atom. The maximum atomic E-state index is 11.0. The zero-order valence-electron chi connectivity index (χ0n) is 8.50. The Morgan fingerprint density at radius 1 is 1.64 bits per heavy atom. The monoisotopic (exact) mass is 196 g/mol. The van der Waals surface area contributed by atoms with Crippen molar-refractivity contribution < 1.29 is 0 Å². The summed E-state index contributed by atoms with van der Waals surface area (Å²) in [5.41, 5.74) is 5.15. The lowest BCUT2D eigenvalue weighted by Gasteiger charge is -2.07. The van der Waals surface area contributed by atoms with Crippen molar-refractivity contribution in [3.05, 3.63) is 16.4 Å². The third-order valence-electron chi connectivity index (χ3n) is 1.79. The molecular formula is C9H16N4O. The minimum Gasteiger partial charge on any atom is -0.370 e. The normalized spacial score (nSPS) is 10.5. The maximum absolute atomic E-state index is 11.0. The molecule has 0 atom stereocenters. The summed E-state index contributed by atoms with van der Waals surface area (Å²) in [7, 11) is 0. The van der Waals surface area contributed by atoms with Crippen molar-refractivity contribution in [2.75, 3.05) is 17.6 Å². The van der Waals surface area contributed by atoms with Crippen molar-refractivity contribution in [1.82, 2.24) is 9.97 Å². The molecule has 4 N–H and O–H groups in total. The molecule has 1 heterocycles. The van der Waals surface area contributed by atoms with E-state index in [0.717, 1.165) is 13.0 Å². The van der Waals surface area contributed by atoms with Gasteiger partial charge in [0.15, 0.2) is 0 Å². The summed E-state index contributed by atoms with van der Waals surface area (Å²) in [6.07, 6.45) is 1.04. The van der Waals surface area contributed by atoms with Crippen LogP contribution in [-0.2, 0) is 0 Å². The zero-order chi connectivity index (χ0) is 10.6. The van der Waals surface area contributed by atoms with Gasteiger partial charge in [-0.1, -0.05) is 13.8 Å². The first-order chi connectivity index (χ1) is 6.58. The molecule has 0 radical (unpaired) electrons. The van der Waals surface area contributed by atoms with Crippen molar-refractivity contribution in [3.63, 3.8) is 0 Å². The second-order valence-corrected chi connectivity index (χ2v) is 3.63. The minimum absolute atomic E-state index is 0.143. The fourth-order valence-corrected chi connectivity index (χ4v) is 1.06. The van der Waals surface area contributed by atoms with Crippen molar-refractivity contribution >= 4 is 11.8 Å². The van der Waals surface area contributed by atoms with Gasteiger partial charge in [-0.3, -0.25) is 9.78 Å². The second kappa shape index (κ2) is 4.64. The second-order valence-electron chi connectivity index (χ2n) is 3.63. The summed E-state index contributed by atoms with van der Waals surface area (Å²) in [5, 5.41) is 3.05. The van der Waals surface area contributed by atoms with Gasteiger partial charge in [0.1, 0.15) is 5.82 Å². The Balaban J connectivity index is 2.55. The molecule has 0 aromatic carbocycles. The summed E-state index contributed by atoms with van der Waals surface area (Å²) >= 11 is 0. The number of aromatic amines is 1. The van der Waals surface area contributed by atoms with Crippen molar-refractivity contribution in [1.29, 1.82) is 0 Å². The van der Waals surface area contributed by atoms with Crippen molar-refractivity contribution in [2.45, 2.75) is 20.3 Å². The summed E-state index contributed by atoms with van der Waals surface area (Å²) in [6, 6.07) is 1.40. The molecule has 1 aromatic heterocycles. The molecule has 0 bridgehead atoms. The fraction of sp³-hybridized carbons (Fsp3) is 0.556. The van der Waals surface area contributed by atoms with Crippen LogP contribution >= 0.6 is 0 Å². The molecule has 5 nitrogen and oxygen atoms in total. The van der Waals surface area contributed by atoms with Crippen LogP contribution in [0.5, 0.6) is 0 Å². The summed E-state index contributed by atoms with van der Waals surface area (Å²) < 4.78 is 0. The number of H-pyrrole nitrogens is 1. The highest BCUT2D eigenvalue weighted by Crippen LogP contribution is 2.02. The average molecular weight is 196 g/mol. The number of nitrogens with one attached hydrogen (secondary N) is 2. The highest BCUT2D eigenvalue weighted by molar-refractivity contribution is 5.37. The van der Waals surface area contributed by atoms with Gasteiger partial charge in [-0.25, -0.2) is 0 Å². The zero-order valence-corrected chi connectivity index (χ0v) is 8.50. The van der Waals surface area contributed by atoms with Crippen LogP contribution in [0.15, 0.2) is 10.9 Å². The minimum atomic E-state index is -0.232. The molecular weight excluding hydrogens is 180 g/mol. The Kier molecular flexibility index (Phi) is 3.50. The van der Waals surface area contributed by atoms with Crippen LogP contribution in [0.1, 0.15) is 20.3 Å². The van der Waals surface area contributed by atoms with E-state index in [1.807, 2.05) is 0 Å². The van der Waals surface area contributed by atoms with Crippen molar-refractivity contribution in [3.8, 4) is 0 Å². The number of nitrogens with two attached hydrogens (primary N) is 1. The Hall–Kier alpha value is -1.52. The molecule has 0 aliphatic carbocycles. The van der Waals surface area contributed by atoms with Crippen LogP contribution in [-0.4, -0.2) is 16.5 Å². The highest BCUT2D eigenvalue weighted by Gasteiger charge is 1.98. The maximum Gasteiger partial charge on any atom is 0.254 e. The predicted molar refractivity (Wildman–Crippen MR) is 57.2 cm³/mol. The predicted octanol–water partition coefficient (Wildman–Crippen LogP) is 0.810. The van der Waals surface area contributed by atoms with Crippen LogP contribution in [0.4, 0.5) is 11.8 Å². The smallest absolute Gasteiger partial charge is 0.254 e. The fourth-order valence-electron chi connectivity index (χ4n) is 1.06. The van der Waals surface area contributed by atoms with E-state index >= 15 is 0 Å². The van der Waals surface area contributed by atoms with E-state index in [0.29, 0.717) is 11.7 Å². The molecule has 5 heteroatoms. The highest BCUT2D eigenvalue weighted by atomic mass is 16.1. The van der Waals surface area contributed by atoms with Gasteiger partial charge in [0.05, 0.1) is 0 Å². The number of anilines is 2. The third-order valence-corrected chi connectivity index (χ3v) is 1.79. The quantitative estimate of drug-likeness (QED) is 0.665. The van der Waals surface area contributed by atoms with E-state index in [1.54, 1.807) is 0 Å². The number of nitrogens with zero attached hydrogens (tertiary/aromatic N) is 1. The lowest BCUT2D eigenvalue weighted by molar-refractivity contribution is 0.606. The van der Waals surface area contributed by atoms with E-state index in [1.165, 1.54) is 6.07 Å². The molecule has 0 aliphatic heterocycles. The van der Waals surface area contributed by atoms with Crippen LogP contribution in [0.3, 0.4) is 0 Å². The van der Waals surface area contributed by atoms with Gasteiger partial charge in [-0.2, -0.15) is 4.98 Å². The largest absolute Gasteiger partial charge is 0.370 e. The van der Waals surface area contributed by atoms with Gasteiger partial charge in [0.25, 0.3) is 5.56 Å². The van der Waals surface area contributed by atoms with E-state index in [9.17, 15) is 4.79 Å². The summed E-state index contributed by atoms with van der Waals surface area (Å²) in [6.45, 7) is 5.08. The summed E-state index contributed by atoms with van der Waals surface area (Å²) in [5.74, 6) is 1.30. The lowest BCUT2D eigenvalue weighted by Crippen LogP contribution is -2.14. The molecule has 0 fully saturated rings.